The van der Waals surface area contributed by atoms with Crippen molar-refractivity contribution in [3.63, 3.8) is 0 Å². The average Bonchev–Trinajstić information content (AvgIpc) is 2.98. The van der Waals surface area contributed by atoms with Gasteiger partial charge >= 0.3 is 0 Å². The molecular weight excluding hydrogens is 549 g/mol. The van der Waals surface area contributed by atoms with Gasteiger partial charge in [-0.05, 0) is 62.4 Å². The van der Waals surface area contributed by atoms with Gasteiger partial charge in [0.05, 0.1) is 6.04 Å². The fourth-order valence-corrected chi connectivity index (χ4v) is 5.65. The second-order valence-electron chi connectivity index (χ2n) is 8.67. The van der Waals surface area contributed by atoms with Gasteiger partial charge in [-0.3, -0.25) is 14.5 Å². The molecule has 0 heterocycles. The predicted molar refractivity (Wildman–Crippen MR) is 169 cm³/mol. The van der Waals surface area contributed by atoms with Crippen molar-refractivity contribution in [3.8, 4) is 0 Å². The van der Waals surface area contributed by atoms with Gasteiger partial charge in [0.15, 0.2) is 11.2 Å². The van der Waals surface area contributed by atoms with Crippen molar-refractivity contribution in [2.45, 2.75) is 43.0 Å². The second kappa shape index (κ2) is 17.2. The number of hydrogen-bond donors (Lipinski definition) is 1. The maximum Gasteiger partial charge on any atom is 0.245 e. The van der Waals surface area contributed by atoms with E-state index in [1.807, 2.05) is 98.8 Å². The van der Waals surface area contributed by atoms with Gasteiger partial charge in [0.1, 0.15) is 0 Å². The monoisotopic (exact) mass is 587 g/mol. The molecule has 0 bridgehead atoms. The highest BCUT2D eigenvalue weighted by atomic mass is 35.5. The predicted octanol–water partition coefficient (Wildman–Crippen LogP) is 6.87. The number of carbonyl (C=O) groups excluding carboxylic acids is 2. The summed E-state index contributed by atoms with van der Waals surface area (Å²) in [7, 11) is 1.77. The van der Waals surface area contributed by atoms with E-state index in [1.165, 1.54) is 11.8 Å². The third kappa shape index (κ3) is 9.28. The van der Waals surface area contributed by atoms with Crippen LogP contribution in [-0.4, -0.2) is 55.0 Å². The quantitative estimate of drug-likeness (QED) is 0.0965. The smallest absolute Gasteiger partial charge is 0.245 e. The molecule has 0 fully saturated rings. The topological polar surface area (TPSA) is 52.7 Å². The zero-order valence-corrected chi connectivity index (χ0v) is 25.5. The number of para-hydroxylation sites is 1. The van der Waals surface area contributed by atoms with E-state index >= 15 is 0 Å². The molecule has 0 spiro atoms. The van der Waals surface area contributed by atoms with E-state index in [9.17, 15) is 9.59 Å². The van der Waals surface area contributed by atoms with E-state index in [1.54, 1.807) is 18.9 Å². The summed E-state index contributed by atoms with van der Waals surface area (Å²) in [5.74, 6) is 0.826. The number of aldehydes is 1. The van der Waals surface area contributed by atoms with E-state index < -0.39 is 10.9 Å². The molecule has 2 atom stereocenters. The molecule has 0 saturated carbocycles. The fraction of sp³-hybridized carbons (Fsp3) is 0.355. The molecule has 0 saturated heterocycles. The Balaban J connectivity index is 0.00000260. The van der Waals surface area contributed by atoms with Crippen molar-refractivity contribution in [1.29, 1.82) is 0 Å². The van der Waals surface area contributed by atoms with Crippen molar-refractivity contribution in [2.75, 3.05) is 41.7 Å². The van der Waals surface area contributed by atoms with Gasteiger partial charge in [-0.25, -0.2) is 0 Å². The fourth-order valence-electron chi connectivity index (χ4n) is 4.16. The Kier molecular flexibility index (Phi) is 14.5. The summed E-state index contributed by atoms with van der Waals surface area (Å²) in [5.41, 5.74) is 2.71. The standard InChI is InChI=1S/C29H33Cl2N3O2S.C2H6/c1-29(22-35,37-26-15-13-24(14-16-26)33(19-17-30)20-18-31)34(25-11-7-4-8-12-25)28(36)27(32-2)21-23-9-5-3-6-10-23;1-2/h3-16,22,27,32H,17-21H2,1-2H3;1-2H3/t27-,29?;/m0./s1. The molecule has 1 N–H and O–H groups in total. The van der Waals surface area contributed by atoms with Gasteiger partial charge in [-0.1, -0.05) is 74.1 Å². The zero-order chi connectivity index (χ0) is 28.7. The van der Waals surface area contributed by atoms with E-state index in [4.69, 9.17) is 23.2 Å². The number of hydrogen-bond acceptors (Lipinski definition) is 5. The van der Waals surface area contributed by atoms with Crippen LogP contribution in [0.2, 0.25) is 0 Å². The lowest BCUT2D eigenvalue weighted by Crippen LogP contribution is -2.56. The summed E-state index contributed by atoms with van der Waals surface area (Å²) in [6.45, 7) is 7.16. The van der Waals surface area contributed by atoms with Crippen LogP contribution in [0.15, 0.2) is 89.8 Å². The van der Waals surface area contributed by atoms with Gasteiger partial charge in [-0.15, -0.1) is 23.2 Å². The Morgan fingerprint density at radius 3 is 1.92 bits per heavy atom. The first kappa shape index (κ1) is 32.7. The molecule has 1 unspecified atom stereocenters. The minimum Gasteiger partial charge on any atom is -0.369 e. The molecule has 3 aromatic rings. The first-order chi connectivity index (χ1) is 19.0. The van der Waals surface area contributed by atoms with Crippen LogP contribution in [0.3, 0.4) is 0 Å². The SMILES string of the molecule is CC.CN[C@@H](Cc1ccccc1)C(=O)N(c1ccccc1)C(C)(C=O)Sc1ccc(N(CCCl)CCCl)cc1. The van der Waals surface area contributed by atoms with Crippen molar-refractivity contribution in [1.82, 2.24) is 5.32 Å². The number of amides is 1. The maximum atomic E-state index is 14.0. The van der Waals surface area contributed by atoms with Crippen LogP contribution in [0.4, 0.5) is 11.4 Å². The number of likely N-dealkylation sites (N-methyl/N-ethyl adjacent to an activating group) is 1. The minimum absolute atomic E-state index is 0.174. The largest absolute Gasteiger partial charge is 0.369 e. The van der Waals surface area contributed by atoms with E-state index in [0.717, 1.165) is 22.4 Å². The third-order valence-electron chi connectivity index (χ3n) is 6.06. The molecule has 0 aromatic heterocycles. The average molecular weight is 589 g/mol. The second-order valence-corrected chi connectivity index (χ2v) is 10.9. The maximum absolute atomic E-state index is 14.0. The highest BCUT2D eigenvalue weighted by Crippen LogP contribution is 2.38. The van der Waals surface area contributed by atoms with Crippen LogP contribution in [-0.2, 0) is 16.0 Å². The van der Waals surface area contributed by atoms with Gasteiger partial charge < -0.3 is 10.2 Å². The molecule has 0 aliphatic rings. The first-order valence-corrected chi connectivity index (χ1v) is 15.1. The summed E-state index contributed by atoms with van der Waals surface area (Å²) >= 11 is 13.3. The molecule has 210 valence electrons. The van der Waals surface area contributed by atoms with Crippen LogP contribution in [0.25, 0.3) is 0 Å². The normalized spacial score (nSPS) is 12.9. The molecule has 1 amide bonds. The summed E-state index contributed by atoms with van der Waals surface area (Å²) in [6.07, 6.45) is 1.35. The van der Waals surface area contributed by atoms with Gasteiger partial charge in [0.2, 0.25) is 5.91 Å². The number of nitrogens with zero attached hydrogens (tertiary/aromatic N) is 2. The molecule has 0 radical (unpaired) electrons. The lowest BCUT2D eigenvalue weighted by atomic mass is 10.0. The Morgan fingerprint density at radius 1 is 0.897 bits per heavy atom. The van der Waals surface area contributed by atoms with E-state index in [-0.39, 0.29) is 5.91 Å². The third-order valence-corrected chi connectivity index (χ3v) is 7.60. The molecule has 5 nitrogen and oxygen atoms in total. The number of benzene rings is 3. The summed E-state index contributed by atoms with van der Waals surface area (Å²) < 4.78 is 0. The summed E-state index contributed by atoms with van der Waals surface area (Å²) in [5, 5.41) is 3.16. The number of rotatable bonds is 14. The van der Waals surface area contributed by atoms with Crippen molar-refractivity contribution in [3.05, 3.63) is 90.5 Å². The summed E-state index contributed by atoms with van der Waals surface area (Å²) in [6, 6.07) is 26.6. The van der Waals surface area contributed by atoms with Crippen LogP contribution in [0, 0.1) is 0 Å². The number of alkyl halides is 2. The molecule has 39 heavy (non-hydrogen) atoms. The van der Waals surface area contributed by atoms with Gasteiger partial charge in [-0.2, -0.15) is 0 Å². The lowest BCUT2D eigenvalue weighted by Gasteiger charge is -2.39. The Labute approximate surface area is 247 Å². The first-order valence-electron chi connectivity index (χ1n) is 13.2. The van der Waals surface area contributed by atoms with Gasteiger partial charge in [0.25, 0.3) is 0 Å². The lowest BCUT2D eigenvalue weighted by molar-refractivity contribution is -0.123. The van der Waals surface area contributed by atoms with Crippen LogP contribution < -0.4 is 15.1 Å². The van der Waals surface area contributed by atoms with Crippen LogP contribution in [0.1, 0.15) is 26.3 Å². The Morgan fingerprint density at radius 2 is 1.44 bits per heavy atom. The number of halogens is 2. The number of carbonyl (C=O) groups is 2. The highest BCUT2D eigenvalue weighted by molar-refractivity contribution is 8.01. The molecule has 0 aliphatic heterocycles. The molecule has 3 rings (SSSR count). The Hall–Kier alpha value is -2.51. The molecule has 0 aliphatic carbocycles. The number of anilines is 2. The van der Waals surface area contributed by atoms with E-state index in [2.05, 4.69) is 10.2 Å². The molecular formula is C31H39Cl2N3O2S. The van der Waals surface area contributed by atoms with Crippen molar-refractivity contribution in [2.24, 2.45) is 0 Å². The zero-order valence-electron chi connectivity index (χ0n) is 23.1. The van der Waals surface area contributed by atoms with Gasteiger partial charge in [0, 0.05) is 41.1 Å². The van der Waals surface area contributed by atoms with Crippen LogP contribution in [0.5, 0.6) is 0 Å². The number of thioether (sulfide) groups is 1. The summed E-state index contributed by atoms with van der Waals surface area (Å²) in [4.78, 5) is 30.1. The van der Waals surface area contributed by atoms with Crippen molar-refractivity contribution < 1.29 is 9.59 Å². The van der Waals surface area contributed by atoms with Crippen molar-refractivity contribution >= 4 is 58.5 Å². The minimum atomic E-state index is -1.18. The molecule has 3 aromatic carbocycles. The number of nitrogens with one attached hydrogen (secondary N) is 1. The highest BCUT2D eigenvalue weighted by Gasteiger charge is 2.40. The molecule has 8 heteroatoms. The Bertz CT molecular complexity index is 1110. The van der Waals surface area contributed by atoms with E-state index in [0.29, 0.717) is 37.0 Å². The van der Waals surface area contributed by atoms with Crippen LogP contribution >= 0.6 is 35.0 Å².